The van der Waals surface area contributed by atoms with Crippen LogP contribution < -0.4 is 14.2 Å². The van der Waals surface area contributed by atoms with Crippen molar-refractivity contribution in [2.45, 2.75) is 65.2 Å². The van der Waals surface area contributed by atoms with Crippen LogP contribution in [0.3, 0.4) is 0 Å². The van der Waals surface area contributed by atoms with Crippen molar-refractivity contribution in [2.24, 2.45) is 0 Å². The van der Waals surface area contributed by atoms with Gasteiger partial charge in [0.2, 0.25) is 0 Å². The highest BCUT2D eigenvalue weighted by atomic mass is 19.1. The Morgan fingerprint density at radius 1 is 0.667 bits per heavy atom. The SMILES string of the molecule is CCCCCCCOc1ccc(C(=O)Oc2ccc(-c3ccc(OCCCCC)cc3)cc2)cc1F. The number of benzene rings is 3. The standard InChI is InChI=1S/C31H37FO4/c1-3-5-7-8-10-22-35-30-20-15-26(23-29(30)32)31(33)36-28-18-13-25(14-19-28)24-11-16-27(17-12-24)34-21-9-6-4-2/h11-20,23H,3-10,21-22H2,1-2H3. The molecular formula is C31H37FO4. The lowest BCUT2D eigenvalue weighted by Crippen LogP contribution is -2.09. The Bertz CT molecular complexity index is 1060. The van der Waals surface area contributed by atoms with Crippen LogP contribution in [0.5, 0.6) is 17.2 Å². The molecule has 0 aliphatic heterocycles. The van der Waals surface area contributed by atoms with E-state index in [0.29, 0.717) is 12.4 Å². The second-order valence-corrected chi connectivity index (χ2v) is 8.90. The summed E-state index contributed by atoms with van der Waals surface area (Å²) >= 11 is 0. The van der Waals surface area contributed by atoms with Crippen LogP contribution >= 0.6 is 0 Å². The van der Waals surface area contributed by atoms with Crippen molar-refractivity contribution in [3.63, 3.8) is 0 Å². The maximum atomic E-state index is 14.4. The Morgan fingerprint density at radius 3 is 1.86 bits per heavy atom. The summed E-state index contributed by atoms with van der Waals surface area (Å²) in [5.74, 6) is 0.232. The Morgan fingerprint density at radius 2 is 1.22 bits per heavy atom. The number of rotatable bonds is 15. The fourth-order valence-electron chi connectivity index (χ4n) is 3.80. The van der Waals surface area contributed by atoms with E-state index in [9.17, 15) is 9.18 Å². The number of hydrogen-bond acceptors (Lipinski definition) is 4. The van der Waals surface area contributed by atoms with Crippen LogP contribution in [0.25, 0.3) is 11.1 Å². The summed E-state index contributed by atoms with van der Waals surface area (Å²) in [5.41, 5.74) is 2.17. The molecule has 0 bridgehead atoms. The van der Waals surface area contributed by atoms with Crippen LogP contribution in [0.15, 0.2) is 66.7 Å². The topological polar surface area (TPSA) is 44.8 Å². The van der Waals surface area contributed by atoms with Gasteiger partial charge in [-0.25, -0.2) is 9.18 Å². The molecule has 36 heavy (non-hydrogen) atoms. The van der Waals surface area contributed by atoms with E-state index in [-0.39, 0.29) is 11.3 Å². The lowest BCUT2D eigenvalue weighted by atomic mass is 10.1. The van der Waals surface area contributed by atoms with Gasteiger partial charge in [0, 0.05) is 0 Å². The summed E-state index contributed by atoms with van der Waals surface area (Å²) in [5, 5.41) is 0. The predicted molar refractivity (Wildman–Crippen MR) is 143 cm³/mol. The zero-order valence-electron chi connectivity index (χ0n) is 21.4. The number of unbranched alkanes of at least 4 members (excludes halogenated alkanes) is 6. The molecule has 4 nitrogen and oxygen atoms in total. The van der Waals surface area contributed by atoms with E-state index in [1.165, 1.54) is 37.8 Å². The summed E-state index contributed by atoms with van der Waals surface area (Å²) in [6.45, 7) is 5.53. The molecule has 0 N–H and O–H groups in total. The number of esters is 1. The fraction of sp³-hybridized carbons (Fsp3) is 0.387. The van der Waals surface area contributed by atoms with Crippen LogP contribution in [0.4, 0.5) is 4.39 Å². The second-order valence-electron chi connectivity index (χ2n) is 8.90. The molecule has 0 radical (unpaired) electrons. The normalized spacial score (nSPS) is 10.8. The highest BCUT2D eigenvalue weighted by Gasteiger charge is 2.13. The summed E-state index contributed by atoms with van der Waals surface area (Å²) in [7, 11) is 0. The minimum atomic E-state index is -0.614. The third-order valence-corrected chi connectivity index (χ3v) is 5.94. The van der Waals surface area contributed by atoms with Crippen LogP contribution in [0.2, 0.25) is 0 Å². The molecule has 3 aromatic rings. The van der Waals surface area contributed by atoms with Crippen LogP contribution in [0, 0.1) is 5.82 Å². The van der Waals surface area contributed by atoms with Crippen LogP contribution in [0.1, 0.15) is 75.6 Å². The number of halogens is 1. The molecule has 0 saturated carbocycles. The number of ether oxygens (including phenoxy) is 3. The Kier molecular flexibility index (Phi) is 11.3. The minimum absolute atomic E-state index is 0.140. The molecule has 0 aliphatic rings. The molecule has 0 aromatic heterocycles. The molecule has 0 fully saturated rings. The first-order valence-electron chi connectivity index (χ1n) is 13.1. The lowest BCUT2D eigenvalue weighted by molar-refractivity contribution is 0.0734. The van der Waals surface area contributed by atoms with Gasteiger partial charge in [-0.2, -0.15) is 0 Å². The van der Waals surface area contributed by atoms with Crippen molar-refractivity contribution < 1.29 is 23.4 Å². The van der Waals surface area contributed by atoms with Gasteiger partial charge in [-0.1, -0.05) is 76.6 Å². The van der Waals surface area contributed by atoms with E-state index in [1.807, 2.05) is 36.4 Å². The fourth-order valence-corrected chi connectivity index (χ4v) is 3.80. The first-order valence-corrected chi connectivity index (χ1v) is 13.1. The van der Waals surface area contributed by atoms with E-state index in [0.717, 1.165) is 55.2 Å². The van der Waals surface area contributed by atoms with Crippen molar-refractivity contribution in [3.8, 4) is 28.4 Å². The van der Waals surface area contributed by atoms with Gasteiger partial charge in [-0.15, -0.1) is 0 Å². The van der Waals surface area contributed by atoms with E-state index >= 15 is 0 Å². The van der Waals surface area contributed by atoms with E-state index < -0.39 is 11.8 Å². The number of carbonyl (C=O) groups is 1. The van der Waals surface area contributed by atoms with Gasteiger partial charge in [0.05, 0.1) is 18.8 Å². The first kappa shape index (κ1) is 27.3. The monoisotopic (exact) mass is 492 g/mol. The van der Waals surface area contributed by atoms with Gasteiger partial charge in [0.1, 0.15) is 11.5 Å². The third-order valence-electron chi connectivity index (χ3n) is 5.94. The summed E-state index contributed by atoms with van der Waals surface area (Å²) < 4.78 is 31.1. The zero-order valence-corrected chi connectivity index (χ0v) is 21.4. The summed E-state index contributed by atoms with van der Waals surface area (Å²) in [6, 6.07) is 19.3. The number of hydrogen-bond donors (Lipinski definition) is 0. The summed E-state index contributed by atoms with van der Waals surface area (Å²) in [4.78, 5) is 12.5. The average Bonchev–Trinajstić information content (AvgIpc) is 2.90. The largest absolute Gasteiger partial charge is 0.494 e. The predicted octanol–water partition coefficient (Wildman–Crippen LogP) is 8.63. The van der Waals surface area contributed by atoms with Gasteiger partial charge < -0.3 is 14.2 Å². The molecule has 3 rings (SSSR count). The van der Waals surface area contributed by atoms with Gasteiger partial charge >= 0.3 is 5.97 Å². The molecule has 5 heteroatoms. The van der Waals surface area contributed by atoms with E-state index in [1.54, 1.807) is 12.1 Å². The van der Waals surface area contributed by atoms with Gasteiger partial charge in [0.25, 0.3) is 0 Å². The average molecular weight is 493 g/mol. The third kappa shape index (κ3) is 8.71. The van der Waals surface area contributed by atoms with E-state index in [2.05, 4.69) is 13.8 Å². The van der Waals surface area contributed by atoms with Gasteiger partial charge in [0.15, 0.2) is 11.6 Å². The smallest absolute Gasteiger partial charge is 0.343 e. The highest BCUT2D eigenvalue weighted by molar-refractivity contribution is 5.91. The minimum Gasteiger partial charge on any atom is -0.494 e. The van der Waals surface area contributed by atoms with Crippen LogP contribution in [-0.4, -0.2) is 19.2 Å². The molecule has 0 saturated heterocycles. The Balaban J connectivity index is 1.50. The van der Waals surface area contributed by atoms with Gasteiger partial charge in [-0.05, 0) is 66.4 Å². The second kappa shape index (κ2) is 14.9. The van der Waals surface area contributed by atoms with Gasteiger partial charge in [-0.3, -0.25) is 0 Å². The maximum absolute atomic E-state index is 14.4. The first-order chi connectivity index (χ1) is 17.6. The lowest BCUT2D eigenvalue weighted by Gasteiger charge is -2.10. The van der Waals surface area contributed by atoms with E-state index in [4.69, 9.17) is 14.2 Å². The molecule has 0 heterocycles. The van der Waals surface area contributed by atoms with Crippen molar-refractivity contribution in [1.29, 1.82) is 0 Å². The molecular weight excluding hydrogens is 455 g/mol. The van der Waals surface area contributed by atoms with Crippen LogP contribution in [-0.2, 0) is 0 Å². The zero-order chi connectivity index (χ0) is 25.6. The quantitative estimate of drug-likeness (QED) is 0.121. The molecule has 192 valence electrons. The van der Waals surface area contributed by atoms with Crippen molar-refractivity contribution in [2.75, 3.05) is 13.2 Å². The maximum Gasteiger partial charge on any atom is 0.343 e. The molecule has 3 aromatic carbocycles. The highest BCUT2D eigenvalue weighted by Crippen LogP contribution is 2.26. The molecule has 0 unspecified atom stereocenters. The molecule has 0 aliphatic carbocycles. The number of carbonyl (C=O) groups excluding carboxylic acids is 1. The molecule has 0 spiro atoms. The van der Waals surface area contributed by atoms with Crippen molar-refractivity contribution in [1.82, 2.24) is 0 Å². The Hall–Kier alpha value is -3.34. The molecule has 0 atom stereocenters. The molecule has 0 amide bonds. The summed E-state index contributed by atoms with van der Waals surface area (Å²) in [6.07, 6.45) is 8.90. The Labute approximate surface area is 214 Å². The van der Waals surface area contributed by atoms with Crippen molar-refractivity contribution >= 4 is 5.97 Å². The van der Waals surface area contributed by atoms with Crippen molar-refractivity contribution in [3.05, 3.63) is 78.1 Å².